The van der Waals surface area contributed by atoms with Crippen molar-refractivity contribution in [2.45, 2.75) is 46.4 Å². The number of nitrogens with one attached hydrogen (secondary N) is 2. The molecule has 3 aromatic rings. The number of hydrogen-bond acceptors (Lipinski definition) is 5. The van der Waals surface area contributed by atoms with E-state index in [0.717, 1.165) is 35.1 Å². The quantitative estimate of drug-likeness (QED) is 0.352. The van der Waals surface area contributed by atoms with Gasteiger partial charge in [-0.2, -0.15) is 0 Å². The lowest BCUT2D eigenvalue weighted by Gasteiger charge is -2.16. The Morgan fingerprint density at radius 2 is 1.91 bits per heavy atom. The number of aromatic nitrogens is 3. The van der Waals surface area contributed by atoms with Crippen LogP contribution in [0, 0.1) is 6.92 Å². The van der Waals surface area contributed by atoms with Gasteiger partial charge in [-0.25, -0.2) is 15.0 Å². The summed E-state index contributed by atoms with van der Waals surface area (Å²) in [6.45, 7) is 9.45. The Kier molecular flexibility index (Phi) is 8.21. The van der Waals surface area contributed by atoms with Crippen molar-refractivity contribution in [1.82, 2.24) is 25.2 Å². The Labute approximate surface area is 189 Å². The number of aliphatic imine (C=N–C) groups is 1. The summed E-state index contributed by atoms with van der Waals surface area (Å²) in [6.07, 6.45) is 4.92. The molecule has 0 bridgehead atoms. The van der Waals surface area contributed by atoms with E-state index in [1.165, 1.54) is 0 Å². The van der Waals surface area contributed by atoms with Gasteiger partial charge in [0.05, 0.1) is 18.8 Å². The number of aliphatic hydroxyl groups is 1. The maximum absolute atomic E-state index is 10.5. The number of imidazole rings is 1. The number of nitrogens with zero attached hydrogens (tertiary/aromatic N) is 4. The van der Waals surface area contributed by atoms with E-state index in [-0.39, 0.29) is 6.10 Å². The second kappa shape index (κ2) is 11.3. The van der Waals surface area contributed by atoms with E-state index in [4.69, 9.17) is 4.74 Å². The van der Waals surface area contributed by atoms with E-state index >= 15 is 0 Å². The normalized spacial score (nSPS) is 12.6. The number of benzene rings is 1. The number of ether oxygens (including phenoxy) is 1. The molecular formula is C24H32N6O2. The molecule has 1 unspecified atom stereocenters. The van der Waals surface area contributed by atoms with Crippen LogP contribution in [0.1, 0.15) is 43.8 Å². The lowest BCUT2D eigenvalue weighted by Crippen LogP contribution is -2.39. The number of hydrogen-bond donors (Lipinski definition) is 3. The zero-order valence-corrected chi connectivity index (χ0v) is 19.1. The topological polar surface area (TPSA) is 96.6 Å². The van der Waals surface area contributed by atoms with Crippen molar-refractivity contribution in [3.8, 4) is 11.6 Å². The van der Waals surface area contributed by atoms with Gasteiger partial charge in [0.15, 0.2) is 5.96 Å². The van der Waals surface area contributed by atoms with E-state index in [1.807, 2.05) is 81.1 Å². The molecule has 1 aromatic carbocycles. The largest absolute Gasteiger partial charge is 0.491 e. The summed E-state index contributed by atoms with van der Waals surface area (Å²) in [5.74, 6) is 3.15. The Hall–Kier alpha value is -3.39. The number of pyridine rings is 1. The van der Waals surface area contributed by atoms with Crippen molar-refractivity contribution in [2.75, 3.05) is 13.1 Å². The van der Waals surface area contributed by atoms with Gasteiger partial charge in [0, 0.05) is 31.7 Å². The third-order valence-corrected chi connectivity index (χ3v) is 4.75. The molecule has 3 rings (SSSR count). The molecule has 8 nitrogen and oxygen atoms in total. The van der Waals surface area contributed by atoms with Gasteiger partial charge in [-0.15, -0.1) is 0 Å². The third-order valence-electron chi connectivity index (χ3n) is 4.75. The number of aliphatic hydroxyl groups excluding tert-OH is 1. The highest BCUT2D eigenvalue weighted by Crippen LogP contribution is 2.18. The Morgan fingerprint density at radius 3 is 2.50 bits per heavy atom. The van der Waals surface area contributed by atoms with Gasteiger partial charge < -0.3 is 20.5 Å². The van der Waals surface area contributed by atoms with Crippen LogP contribution in [0.3, 0.4) is 0 Å². The van der Waals surface area contributed by atoms with Crippen molar-refractivity contribution in [3.63, 3.8) is 0 Å². The molecule has 2 aromatic heterocycles. The first-order valence-corrected chi connectivity index (χ1v) is 10.9. The number of aryl methyl sites for hydroxylation is 1. The van der Waals surface area contributed by atoms with Gasteiger partial charge in [-0.1, -0.05) is 18.2 Å². The van der Waals surface area contributed by atoms with E-state index in [2.05, 4.69) is 25.6 Å². The first-order valence-electron chi connectivity index (χ1n) is 10.9. The summed E-state index contributed by atoms with van der Waals surface area (Å²) in [5.41, 5.74) is 1.81. The van der Waals surface area contributed by atoms with Crippen molar-refractivity contribution in [2.24, 2.45) is 4.99 Å². The average molecular weight is 437 g/mol. The average Bonchev–Trinajstić information content (AvgIpc) is 3.21. The predicted molar refractivity (Wildman–Crippen MR) is 126 cm³/mol. The van der Waals surface area contributed by atoms with Crippen molar-refractivity contribution >= 4 is 5.96 Å². The van der Waals surface area contributed by atoms with E-state index < -0.39 is 6.10 Å². The van der Waals surface area contributed by atoms with Crippen LogP contribution in [-0.2, 0) is 6.54 Å². The second-order valence-electron chi connectivity index (χ2n) is 7.70. The summed E-state index contributed by atoms with van der Waals surface area (Å²) in [7, 11) is 0. The van der Waals surface area contributed by atoms with Gasteiger partial charge >= 0.3 is 0 Å². The molecule has 8 heteroatoms. The number of guanidine groups is 1. The molecule has 0 amide bonds. The van der Waals surface area contributed by atoms with Crippen LogP contribution in [0.2, 0.25) is 0 Å². The molecule has 0 aliphatic heterocycles. The van der Waals surface area contributed by atoms with Crippen LogP contribution in [0.25, 0.3) is 5.82 Å². The maximum Gasteiger partial charge on any atom is 0.191 e. The molecule has 3 N–H and O–H groups in total. The van der Waals surface area contributed by atoms with Crippen LogP contribution in [-0.4, -0.2) is 44.8 Å². The predicted octanol–water partition coefficient (Wildman–Crippen LogP) is 3.15. The molecule has 0 fully saturated rings. The molecule has 1 atom stereocenters. The van der Waals surface area contributed by atoms with Crippen LogP contribution in [0.4, 0.5) is 0 Å². The minimum absolute atomic E-state index is 0.118. The van der Waals surface area contributed by atoms with E-state index in [9.17, 15) is 5.11 Å². The zero-order chi connectivity index (χ0) is 22.9. The van der Waals surface area contributed by atoms with Crippen LogP contribution < -0.4 is 15.4 Å². The summed E-state index contributed by atoms with van der Waals surface area (Å²) in [6, 6.07) is 11.5. The summed E-state index contributed by atoms with van der Waals surface area (Å²) >= 11 is 0. The highest BCUT2D eigenvalue weighted by Gasteiger charge is 2.09. The van der Waals surface area contributed by atoms with Crippen molar-refractivity contribution in [1.29, 1.82) is 0 Å². The molecule has 0 saturated heterocycles. The van der Waals surface area contributed by atoms with Crippen LogP contribution in [0.15, 0.2) is 60.0 Å². The smallest absolute Gasteiger partial charge is 0.191 e. The van der Waals surface area contributed by atoms with Gasteiger partial charge in [0.25, 0.3) is 0 Å². The molecule has 0 saturated carbocycles. The molecule has 2 heterocycles. The summed E-state index contributed by atoms with van der Waals surface area (Å²) in [4.78, 5) is 13.3. The molecule has 32 heavy (non-hydrogen) atoms. The van der Waals surface area contributed by atoms with Crippen molar-refractivity contribution in [3.05, 3.63) is 71.9 Å². The Balaban J connectivity index is 1.57. The highest BCUT2D eigenvalue weighted by molar-refractivity contribution is 5.79. The summed E-state index contributed by atoms with van der Waals surface area (Å²) in [5, 5.41) is 16.9. The van der Waals surface area contributed by atoms with Gasteiger partial charge in [0.1, 0.15) is 17.4 Å². The molecule has 0 aliphatic rings. The monoisotopic (exact) mass is 436 g/mol. The van der Waals surface area contributed by atoms with Gasteiger partial charge in [-0.3, -0.25) is 4.57 Å². The fourth-order valence-corrected chi connectivity index (χ4v) is 3.14. The fraction of sp³-hybridized carbons (Fsp3) is 0.375. The minimum Gasteiger partial charge on any atom is -0.491 e. The first-order chi connectivity index (χ1) is 15.5. The highest BCUT2D eigenvalue weighted by atomic mass is 16.5. The van der Waals surface area contributed by atoms with Gasteiger partial charge in [-0.05, 0) is 57.0 Å². The lowest BCUT2D eigenvalue weighted by atomic mass is 10.1. The Morgan fingerprint density at radius 1 is 1.12 bits per heavy atom. The fourth-order valence-electron chi connectivity index (χ4n) is 3.14. The molecule has 0 spiro atoms. The first kappa shape index (κ1) is 23.3. The van der Waals surface area contributed by atoms with Crippen molar-refractivity contribution < 1.29 is 9.84 Å². The van der Waals surface area contributed by atoms with Crippen LogP contribution >= 0.6 is 0 Å². The third kappa shape index (κ3) is 6.55. The number of rotatable bonds is 9. The minimum atomic E-state index is -0.661. The van der Waals surface area contributed by atoms with E-state index in [0.29, 0.717) is 19.0 Å². The lowest BCUT2D eigenvalue weighted by molar-refractivity contribution is 0.180. The molecular weight excluding hydrogens is 404 g/mol. The Bertz CT molecular complexity index is 996. The second-order valence-corrected chi connectivity index (χ2v) is 7.70. The van der Waals surface area contributed by atoms with Gasteiger partial charge in [0.2, 0.25) is 0 Å². The zero-order valence-electron chi connectivity index (χ0n) is 19.1. The van der Waals surface area contributed by atoms with E-state index in [1.54, 1.807) is 6.20 Å². The standard InChI is InChI=1S/C24H32N6O2/c1-5-25-24(29-16-22(31)20-7-9-21(10-8-20)32-17(2)3)28-15-19-6-11-23(27-14-19)30-13-12-26-18(30)4/h6-14,17,22,31H,5,15-16H2,1-4H3,(H2,25,28,29). The SMILES string of the molecule is CCNC(=NCc1ccc(-n2ccnc2C)nc1)NCC(O)c1ccc(OC(C)C)cc1. The van der Waals surface area contributed by atoms with Crippen LogP contribution in [0.5, 0.6) is 5.75 Å². The molecule has 0 aliphatic carbocycles. The molecule has 0 radical (unpaired) electrons. The maximum atomic E-state index is 10.5. The summed E-state index contributed by atoms with van der Waals surface area (Å²) < 4.78 is 7.58. The molecule has 170 valence electrons.